The predicted molar refractivity (Wildman–Crippen MR) is 208 cm³/mol. The standard InChI is InChI=1S/C15H24.C14H22.C8H16.C3H8.2C2H6/c1-14(2,3)11-12-9-7-8-10-13(12)15(4,5)6;1-13(2,3)11-9-7-8-10-12(11)14(4,5)6;1-7-5-3-4-6-8(7)2;1-3-2;2*1-2/h7-10H,11H2,1-6H3;7-10H,1-6H3;7-8H,3-6H2,1-2H3;3H2,1-2H3;2*1-2H3/t;;7-,8+;;;. The fraction of sp³-hybridized carbons (Fsp3) is 0.727. The molecule has 2 aromatic rings. The summed E-state index contributed by atoms with van der Waals surface area (Å²) in [6, 6.07) is 17.6. The van der Waals surface area contributed by atoms with Crippen molar-refractivity contribution in [2.75, 3.05) is 0 Å². The monoisotopic (exact) mass is 611 g/mol. The van der Waals surface area contributed by atoms with Gasteiger partial charge in [-0.05, 0) is 62.2 Å². The van der Waals surface area contributed by atoms with Crippen molar-refractivity contribution in [1.82, 2.24) is 0 Å². The Balaban J connectivity index is -0.000000534. The molecular formula is C44H82. The van der Waals surface area contributed by atoms with Gasteiger partial charge in [-0.15, -0.1) is 0 Å². The highest BCUT2D eigenvalue weighted by molar-refractivity contribution is 5.37. The zero-order chi connectivity index (χ0) is 35.4. The topological polar surface area (TPSA) is 0 Å². The summed E-state index contributed by atoms with van der Waals surface area (Å²) in [5.74, 6) is 2.01. The first-order chi connectivity index (χ1) is 20.1. The van der Waals surface area contributed by atoms with Crippen molar-refractivity contribution in [2.45, 2.75) is 193 Å². The van der Waals surface area contributed by atoms with Gasteiger partial charge in [0, 0.05) is 0 Å². The van der Waals surface area contributed by atoms with Crippen LogP contribution in [-0.4, -0.2) is 0 Å². The zero-order valence-electron chi connectivity index (χ0n) is 34.0. The van der Waals surface area contributed by atoms with Gasteiger partial charge in [-0.2, -0.15) is 0 Å². The predicted octanol–water partition coefficient (Wildman–Crippen LogP) is 15.2. The molecule has 1 saturated carbocycles. The van der Waals surface area contributed by atoms with Gasteiger partial charge < -0.3 is 0 Å². The Hall–Kier alpha value is -1.56. The third-order valence-corrected chi connectivity index (χ3v) is 7.63. The number of hydrogen-bond donors (Lipinski definition) is 0. The summed E-state index contributed by atoms with van der Waals surface area (Å²) < 4.78 is 0. The average molecular weight is 611 g/mol. The molecule has 0 saturated heterocycles. The molecule has 0 nitrogen and oxygen atoms in total. The zero-order valence-corrected chi connectivity index (χ0v) is 34.0. The lowest BCUT2D eigenvalue weighted by atomic mass is 9.75. The Kier molecular flexibility index (Phi) is 24.3. The first kappa shape index (κ1) is 46.9. The molecular weight excluding hydrogens is 528 g/mol. The van der Waals surface area contributed by atoms with E-state index in [0.29, 0.717) is 5.41 Å². The molecule has 0 heterocycles. The third-order valence-electron chi connectivity index (χ3n) is 7.63. The molecule has 0 bridgehead atoms. The maximum Gasteiger partial charge on any atom is -0.0129 e. The molecule has 258 valence electrons. The summed E-state index contributed by atoms with van der Waals surface area (Å²) in [6.07, 6.45) is 8.31. The van der Waals surface area contributed by atoms with Gasteiger partial charge in [0.1, 0.15) is 0 Å². The second-order valence-electron chi connectivity index (χ2n) is 16.6. The number of hydrogen-bond acceptors (Lipinski definition) is 0. The summed E-state index contributed by atoms with van der Waals surface area (Å²) in [5, 5.41) is 0. The number of rotatable bonds is 1. The Labute approximate surface area is 280 Å². The summed E-state index contributed by atoms with van der Waals surface area (Å²) in [5.41, 5.74) is 7.01. The molecule has 0 N–H and O–H groups in total. The van der Waals surface area contributed by atoms with Crippen LogP contribution in [0.2, 0.25) is 0 Å². The van der Waals surface area contributed by atoms with Gasteiger partial charge in [-0.3, -0.25) is 0 Å². The van der Waals surface area contributed by atoms with Gasteiger partial charge in [0.15, 0.2) is 0 Å². The lowest BCUT2D eigenvalue weighted by Gasteiger charge is -2.29. The van der Waals surface area contributed by atoms with E-state index in [1.165, 1.54) is 54.4 Å². The van der Waals surface area contributed by atoms with E-state index in [2.05, 4.69) is 159 Å². The molecule has 0 amide bonds. The molecule has 1 fully saturated rings. The van der Waals surface area contributed by atoms with E-state index in [1.807, 2.05) is 27.7 Å². The van der Waals surface area contributed by atoms with E-state index >= 15 is 0 Å². The van der Waals surface area contributed by atoms with Crippen molar-refractivity contribution in [3.05, 3.63) is 70.8 Å². The van der Waals surface area contributed by atoms with Crippen molar-refractivity contribution in [2.24, 2.45) is 17.3 Å². The minimum Gasteiger partial charge on any atom is -0.0683 e. The fourth-order valence-electron chi connectivity index (χ4n) is 5.27. The van der Waals surface area contributed by atoms with Crippen LogP contribution in [0, 0.1) is 17.3 Å². The Morgan fingerprint density at radius 1 is 0.500 bits per heavy atom. The highest BCUT2D eigenvalue weighted by Gasteiger charge is 2.24. The second kappa shape index (κ2) is 22.9. The van der Waals surface area contributed by atoms with Crippen LogP contribution in [0.5, 0.6) is 0 Å². The van der Waals surface area contributed by atoms with Crippen LogP contribution in [0.4, 0.5) is 0 Å². The SMILES string of the molecule is CC.CC.CC(C)(C)Cc1ccccc1C(C)(C)C.CC(C)(C)c1ccccc1C(C)(C)C.CCC.C[C@@H]1CCCC[C@@H]1C. The molecule has 1 aliphatic carbocycles. The first-order valence-corrected chi connectivity index (χ1v) is 18.3. The third kappa shape index (κ3) is 21.2. The maximum atomic E-state index is 2.38. The van der Waals surface area contributed by atoms with E-state index in [9.17, 15) is 0 Å². The van der Waals surface area contributed by atoms with E-state index in [0.717, 1.165) is 18.3 Å². The molecule has 0 unspecified atom stereocenters. The summed E-state index contributed by atoms with van der Waals surface area (Å²) >= 11 is 0. The van der Waals surface area contributed by atoms with Gasteiger partial charge in [-0.25, -0.2) is 0 Å². The minimum absolute atomic E-state index is 0.240. The lowest BCUT2D eigenvalue weighted by Crippen LogP contribution is -2.21. The summed E-state index contributed by atoms with van der Waals surface area (Å²) in [6.45, 7) is 44.4. The Bertz CT molecular complexity index is 890. The Morgan fingerprint density at radius 2 is 0.773 bits per heavy atom. The van der Waals surface area contributed by atoms with Gasteiger partial charge >= 0.3 is 0 Å². The van der Waals surface area contributed by atoms with Crippen LogP contribution in [-0.2, 0) is 22.7 Å². The Morgan fingerprint density at radius 3 is 1.02 bits per heavy atom. The summed E-state index contributed by atoms with van der Waals surface area (Å²) in [4.78, 5) is 0. The molecule has 0 heteroatoms. The van der Waals surface area contributed by atoms with Crippen LogP contribution in [0.15, 0.2) is 48.5 Å². The van der Waals surface area contributed by atoms with Crippen molar-refractivity contribution >= 4 is 0 Å². The van der Waals surface area contributed by atoms with Crippen molar-refractivity contribution in [1.29, 1.82) is 0 Å². The smallest absolute Gasteiger partial charge is 0.0129 e. The van der Waals surface area contributed by atoms with Crippen LogP contribution in [0.1, 0.15) is 193 Å². The van der Waals surface area contributed by atoms with Crippen LogP contribution in [0.3, 0.4) is 0 Å². The molecule has 0 spiro atoms. The van der Waals surface area contributed by atoms with Crippen molar-refractivity contribution < 1.29 is 0 Å². The highest BCUT2D eigenvalue weighted by Crippen LogP contribution is 2.33. The largest absolute Gasteiger partial charge is 0.0683 e. The molecule has 3 rings (SSSR count). The molecule has 2 atom stereocenters. The van der Waals surface area contributed by atoms with Crippen LogP contribution < -0.4 is 0 Å². The summed E-state index contributed by atoms with van der Waals surface area (Å²) in [7, 11) is 0. The molecule has 0 radical (unpaired) electrons. The highest BCUT2D eigenvalue weighted by atomic mass is 14.3. The average Bonchev–Trinajstić information content (AvgIpc) is 2.92. The normalized spacial score (nSPS) is 16.5. The first-order valence-electron chi connectivity index (χ1n) is 18.3. The van der Waals surface area contributed by atoms with E-state index < -0.39 is 0 Å². The van der Waals surface area contributed by atoms with E-state index in [-0.39, 0.29) is 16.2 Å². The van der Waals surface area contributed by atoms with E-state index in [4.69, 9.17) is 0 Å². The van der Waals surface area contributed by atoms with Crippen LogP contribution >= 0.6 is 0 Å². The molecule has 0 aromatic heterocycles. The minimum atomic E-state index is 0.240. The van der Waals surface area contributed by atoms with E-state index in [1.54, 1.807) is 0 Å². The molecule has 2 aromatic carbocycles. The van der Waals surface area contributed by atoms with Gasteiger partial charge in [0.25, 0.3) is 0 Å². The second-order valence-corrected chi connectivity index (χ2v) is 16.6. The molecule has 1 aliphatic rings. The fourth-order valence-corrected chi connectivity index (χ4v) is 5.27. The number of benzene rings is 2. The lowest BCUT2D eigenvalue weighted by molar-refractivity contribution is 0.277. The van der Waals surface area contributed by atoms with Gasteiger partial charge in [0.2, 0.25) is 0 Å². The molecule has 0 aliphatic heterocycles. The van der Waals surface area contributed by atoms with Crippen LogP contribution in [0.25, 0.3) is 0 Å². The van der Waals surface area contributed by atoms with Gasteiger partial charge in [0.05, 0.1) is 0 Å². The van der Waals surface area contributed by atoms with Crippen molar-refractivity contribution in [3.8, 4) is 0 Å². The van der Waals surface area contributed by atoms with Gasteiger partial charge in [-0.1, -0.05) is 219 Å². The molecule has 44 heavy (non-hydrogen) atoms. The van der Waals surface area contributed by atoms with Crippen molar-refractivity contribution in [3.63, 3.8) is 0 Å². The quantitative estimate of drug-likeness (QED) is 0.301. The maximum absolute atomic E-state index is 2.38.